The van der Waals surface area contributed by atoms with Crippen LogP contribution in [0.3, 0.4) is 0 Å². The van der Waals surface area contributed by atoms with Crippen LogP contribution in [0.15, 0.2) is 29.8 Å². The molecule has 0 fully saturated rings. The molecule has 1 aromatic rings. The zero-order valence-electron chi connectivity index (χ0n) is 10.9. The van der Waals surface area contributed by atoms with Crippen molar-refractivity contribution >= 4 is 12.0 Å². The molecule has 18 heavy (non-hydrogen) atoms. The topological polar surface area (TPSA) is 52.9 Å². The maximum atomic E-state index is 11.7. The number of hydrogen-bond donors (Lipinski definition) is 1. The predicted octanol–water partition coefficient (Wildman–Crippen LogP) is 2.82. The van der Waals surface area contributed by atoms with Gasteiger partial charge in [0.25, 0.3) is 5.91 Å². The smallest absolute Gasteiger partial charge is 0.261 e. The molecule has 0 aliphatic rings. The quantitative estimate of drug-likeness (QED) is 0.490. The minimum Gasteiger partial charge on any atom is -0.351 e. The van der Waals surface area contributed by atoms with Gasteiger partial charge in [-0.05, 0) is 25.0 Å². The molecule has 0 aliphatic carbocycles. The monoisotopic (exact) mass is 242 g/mol. The van der Waals surface area contributed by atoms with Crippen molar-refractivity contribution in [1.29, 1.82) is 5.26 Å². The van der Waals surface area contributed by atoms with Gasteiger partial charge in [-0.15, -0.1) is 0 Å². The van der Waals surface area contributed by atoms with E-state index in [2.05, 4.69) is 12.2 Å². The number of unbranched alkanes of at least 4 members (excludes halogenated alkanes) is 1. The maximum Gasteiger partial charge on any atom is 0.261 e. The third-order valence-electron chi connectivity index (χ3n) is 2.53. The van der Waals surface area contributed by atoms with E-state index in [0.717, 1.165) is 24.0 Å². The molecule has 1 amide bonds. The number of benzene rings is 1. The van der Waals surface area contributed by atoms with E-state index in [1.165, 1.54) is 0 Å². The molecule has 0 aliphatic heterocycles. The van der Waals surface area contributed by atoms with Gasteiger partial charge in [-0.2, -0.15) is 5.26 Å². The van der Waals surface area contributed by atoms with Crippen molar-refractivity contribution in [2.24, 2.45) is 0 Å². The van der Waals surface area contributed by atoms with Crippen LogP contribution in [0.5, 0.6) is 0 Å². The van der Waals surface area contributed by atoms with Crippen LogP contribution in [0.25, 0.3) is 6.08 Å². The Balaban J connectivity index is 2.77. The van der Waals surface area contributed by atoms with E-state index in [1.807, 2.05) is 37.3 Å². The largest absolute Gasteiger partial charge is 0.351 e. The second-order valence-corrected chi connectivity index (χ2v) is 4.19. The molecular weight excluding hydrogens is 224 g/mol. The Kier molecular flexibility index (Phi) is 5.66. The zero-order valence-corrected chi connectivity index (χ0v) is 10.9. The molecule has 1 N–H and O–H groups in total. The standard InChI is InChI=1S/C15H18N2O/c1-3-4-8-17-15(18)14(11-16)10-13-7-5-6-12(2)9-13/h5-7,9-10H,3-4,8H2,1-2H3,(H,17,18)/b14-10+. The number of aryl methyl sites for hydroxylation is 1. The molecule has 0 unspecified atom stereocenters. The summed E-state index contributed by atoms with van der Waals surface area (Å²) in [4.78, 5) is 11.7. The molecule has 3 heteroatoms. The number of nitrogens with one attached hydrogen (secondary N) is 1. The predicted molar refractivity (Wildman–Crippen MR) is 72.7 cm³/mol. The third-order valence-corrected chi connectivity index (χ3v) is 2.53. The molecule has 0 aromatic heterocycles. The van der Waals surface area contributed by atoms with Crippen molar-refractivity contribution in [1.82, 2.24) is 5.32 Å². The Hall–Kier alpha value is -2.08. The summed E-state index contributed by atoms with van der Waals surface area (Å²) in [5.41, 5.74) is 2.13. The summed E-state index contributed by atoms with van der Waals surface area (Å²) < 4.78 is 0. The zero-order chi connectivity index (χ0) is 13.4. The summed E-state index contributed by atoms with van der Waals surface area (Å²) in [6.07, 6.45) is 3.56. The van der Waals surface area contributed by atoms with Crippen LogP contribution < -0.4 is 5.32 Å². The van der Waals surface area contributed by atoms with E-state index in [0.29, 0.717) is 6.54 Å². The fourth-order valence-corrected chi connectivity index (χ4v) is 1.55. The first kappa shape index (κ1) is 14.0. The van der Waals surface area contributed by atoms with Gasteiger partial charge in [-0.25, -0.2) is 0 Å². The second kappa shape index (κ2) is 7.29. The highest BCUT2D eigenvalue weighted by molar-refractivity contribution is 6.01. The van der Waals surface area contributed by atoms with E-state index in [1.54, 1.807) is 6.08 Å². The maximum absolute atomic E-state index is 11.7. The molecule has 0 spiro atoms. The number of carbonyl (C=O) groups excluding carboxylic acids is 1. The van der Waals surface area contributed by atoms with Crippen LogP contribution in [-0.4, -0.2) is 12.5 Å². The lowest BCUT2D eigenvalue weighted by atomic mass is 10.1. The van der Waals surface area contributed by atoms with Gasteiger partial charge >= 0.3 is 0 Å². The van der Waals surface area contributed by atoms with E-state index >= 15 is 0 Å². The van der Waals surface area contributed by atoms with E-state index in [9.17, 15) is 4.79 Å². The van der Waals surface area contributed by atoms with Gasteiger partial charge in [0.1, 0.15) is 11.6 Å². The van der Waals surface area contributed by atoms with Gasteiger partial charge in [-0.1, -0.05) is 43.2 Å². The number of rotatable bonds is 5. The molecule has 0 bridgehead atoms. The first-order valence-corrected chi connectivity index (χ1v) is 6.14. The van der Waals surface area contributed by atoms with Crippen molar-refractivity contribution in [3.8, 4) is 6.07 Å². The van der Waals surface area contributed by atoms with E-state index < -0.39 is 0 Å². The number of nitrogens with zero attached hydrogens (tertiary/aromatic N) is 1. The average molecular weight is 242 g/mol. The molecule has 94 valence electrons. The number of hydrogen-bond acceptors (Lipinski definition) is 2. The number of amides is 1. The van der Waals surface area contributed by atoms with Crippen LogP contribution >= 0.6 is 0 Å². The summed E-state index contributed by atoms with van der Waals surface area (Å²) in [5, 5.41) is 11.7. The van der Waals surface area contributed by atoms with Gasteiger partial charge in [0.2, 0.25) is 0 Å². The minimum atomic E-state index is -0.299. The Morgan fingerprint density at radius 3 is 2.89 bits per heavy atom. The van der Waals surface area contributed by atoms with Gasteiger partial charge in [0.05, 0.1) is 0 Å². The van der Waals surface area contributed by atoms with Crippen LogP contribution in [-0.2, 0) is 4.79 Å². The summed E-state index contributed by atoms with van der Waals surface area (Å²) in [7, 11) is 0. The van der Waals surface area contributed by atoms with Crippen molar-refractivity contribution in [3.05, 3.63) is 41.0 Å². The molecule has 0 saturated heterocycles. The highest BCUT2D eigenvalue weighted by atomic mass is 16.1. The Labute approximate surface area is 108 Å². The molecule has 0 radical (unpaired) electrons. The molecule has 3 nitrogen and oxygen atoms in total. The first-order valence-electron chi connectivity index (χ1n) is 6.14. The van der Waals surface area contributed by atoms with Gasteiger partial charge in [-0.3, -0.25) is 4.79 Å². The van der Waals surface area contributed by atoms with Crippen molar-refractivity contribution in [2.75, 3.05) is 6.54 Å². The lowest BCUT2D eigenvalue weighted by molar-refractivity contribution is -0.117. The second-order valence-electron chi connectivity index (χ2n) is 4.19. The van der Waals surface area contributed by atoms with Crippen molar-refractivity contribution < 1.29 is 4.79 Å². The number of carbonyl (C=O) groups is 1. The summed E-state index contributed by atoms with van der Waals surface area (Å²) in [6, 6.07) is 9.65. The van der Waals surface area contributed by atoms with Gasteiger partial charge < -0.3 is 5.32 Å². The number of nitriles is 1. The Morgan fingerprint density at radius 2 is 2.28 bits per heavy atom. The third kappa shape index (κ3) is 4.42. The lowest BCUT2D eigenvalue weighted by Crippen LogP contribution is -2.25. The van der Waals surface area contributed by atoms with Gasteiger partial charge in [0, 0.05) is 6.54 Å². The SMILES string of the molecule is CCCCNC(=O)/C(C#N)=C/c1cccc(C)c1. The van der Waals surface area contributed by atoms with E-state index in [4.69, 9.17) is 5.26 Å². The Bertz CT molecular complexity index is 484. The molecule has 0 heterocycles. The first-order chi connectivity index (χ1) is 8.67. The van der Waals surface area contributed by atoms with Crippen LogP contribution in [0.1, 0.15) is 30.9 Å². The van der Waals surface area contributed by atoms with Crippen LogP contribution in [0.2, 0.25) is 0 Å². The van der Waals surface area contributed by atoms with Gasteiger partial charge in [0.15, 0.2) is 0 Å². The molecular formula is C15H18N2O. The van der Waals surface area contributed by atoms with Crippen molar-refractivity contribution in [3.63, 3.8) is 0 Å². The van der Waals surface area contributed by atoms with Crippen LogP contribution in [0, 0.1) is 18.3 Å². The molecule has 0 saturated carbocycles. The van der Waals surface area contributed by atoms with Crippen LogP contribution in [0.4, 0.5) is 0 Å². The summed E-state index contributed by atoms with van der Waals surface area (Å²) in [5.74, 6) is -0.299. The van der Waals surface area contributed by atoms with Crippen molar-refractivity contribution in [2.45, 2.75) is 26.7 Å². The summed E-state index contributed by atoms with van der Waals surface area (Å²) >= 11 is 0. The highest BCUT2D eigenvalue weighted by Gasteiger charge is 2.07. The molecule has 0 atom stereocenters. The molecule has 1 rings (SSSR count). The lowest BCUT2D eigenvalue weighted by Gasteiger charge is -2.03. The van der Waals surface area contributed by atoms with E-state index in [-0.39, 0.29) is 11.5 Å². The normalized spacial score (nSPS) is 10.8. The highest BCUT2D eigenvalue weighted by Crippen LogP contribution is 2.09. The Morgan fingerprint density at radius 1 is 1.50 bits per heavy atom. The fraction of sp³-hybridized carbons (Fsp3) is 0.333. The fourth-order valence-electron chi connectivity index (χ4n) is 1.55. The molecule has 1 aromatic carbocycles. The average Bonchev–Trinajstić information content (AvgIpc) is 2.36. The summed E-state index contributed by atoms with van der Waals surface area (Å²) in [6.45, 7) is 4.65. The minimum absolute atomic E-state index is 0.150.